The van der Waals surface area contributed by atoms with Gasteiger partial charge in [-0.25, -0.2) is 0 Å². The lowest BCUT2D eigenvalue weighted by Crippen LogP contribution is -2.23. The summed E-state index contributed by atoms with van der Waals surface area (Å²) in [6.45, 7) is 2.09. The average Bonchev–Trinajstić information content (AvgIpc) is 2.82. The molecule has 5 heteroatoms. The van der Waals surface area contributed by atoms with Crippen molar-refractivity contribution in [2.75, 3.05) is 7.05 Å². The average molecular weight is 319 g/mol. The van der Waals surface area contributed by atoms with Crippen LogP contribution in [0.1, 0.15) is 12.7 Å². The molecule has 19 heavy (non-hydrogen) atoms. The Labute approximate surface area is 127 Å². The quantitative estimate of drug-likeness (QED) is 0.797. The van der Waals surface area contributed by atoms with Crippen molar-refractivity contribution < 1.29 is 4.42 Å². The molecule has 0 fully saturated rings. The monoisotopic (exact) mass is 317 g/mol. The van der Waals surface area contributed by atoms with Gasteiger partial charge < -0.3 is 9.73 Å². The summed E-state index contributed by atoms with van der Waals surface area (Å²) in [4.78, 5) is 0. The Morgan fingerprint density at radius 1 is 1.11 bits per heavy atom. The molecule has 1 unspecified atom stereocenters. The van der Waals surface area contributed by atoms with Crippen molar-refractivity contribution in [3.05, 3.63) is 45.1 Å². The topological polar surface area (TPSA) is 25.2 Å². The van der Waals surface area contributed by atoms with Gasteiger partial charge >= 0.3 is 0 Å². The summed E-state index contributed by atoms with van der Waals surface area (Å²) < 4.78 is 5.79. The van der Waals surface area contributed by atoms with Crippen molar-refractivity contribution in [2.24, 2.45) is 0 Å². The van der Waals surface area contributed by atoms with Crippen molar-refractivity contribution in [3.8, 4) is 11.3 Å². The van der Waals surface area contributed by atoms with E-state index in [0.29, 0.717) is 26.9 Å². The van der Waals surface area contributed by atoms with Crippen molar-refractivity contribution in [2.45, 2.75) is 19.4 Å². The highest BCUT2D eigenvalue weighted by atomic mass is 35.5. The molecule has 0 spiro atoms. The van der Waals surface area contributed by atoms with Gasteiger partial charge in [-0.05, 0) is 38.2 Å². The summed E-state index contributed by atoms with van der Waals surface area (Å²) in [5.74, 6) is 1.60. The summed E-state index contributed by atoms with van der Waals surface area (Å²) in [5.41, 5.74) is 0.749. The summed E-state index contributed by atoms with van der Waals surface area (Å²) in [6.07, 6.45) is 0.815. The molecule has 0 amide bonds. The van der Waals surface area contributed by atoms with Gasteiger partial charge in [0.25, 0.3) is 0 Å². The van der Waals surface area contributed by atoms with Gasteiger partial charge in [-0.15, -0.1) is 0 Å². The van der Waals surface area contributed by atoms with Crippen LogP contribution in [0.2, 0.25) is 15.1 Å². The molecule has 0 saturated carbocycles. The molecule has 2 nitrogen and oxygen atoms in total. The Morgan fingerprint density at radius 3 is 2.47 bits per heavy atom. The minimum atomic E-state index is 0.350. The van der Waals surface area contributed by atoms with Crippen LogP contribution in [0.4, 0.5) is 0 Å². The van der Waals surface area contributed by atoms with E-state index in [1.807, 2.05) is 19.2 Å². The van der Waals surface area contributed by atoms with Gasteiger partial charge in [-0.1, -0.05) is 34.8 Å². The van der Waals surface area contributed by atoms with Gasteiger partial charge in [0, 0.05) is 18.0 Å². The molecule has 1 heterocycles. The fourth-order valence-corrected chi connectivity index (χ4v) is 2.39. The Morgan fingerprint density at radius 2 is 1.79 bits per heavy atom. The van der Waals surface area contributed by atoms with Crippen molar-refractivity contribution in [1.29, 1.82) is 0 Å². The maximum atomic E-state index is 6.16. The molecule has 1 aromatic carbocycles. The Kier molecular flexibility index (Phi) is 4.80. The van der Waals surface area contributed by atoms with E-state index in [1.165, 1.54) is 0 Å². The summed E-state index contributed by atoms with van der Waals surface area (Å²) in [5, 5.41) is 4.59. The zero-order chi connectivity index (χ0) is 14.0. The summed E-state index contributed by atoms with van der Waals surface area (Å²) in [6, 6.07) is 7.53. The zero-order valence-electron chi connectivity index (χ0n) is 10.6. The van der Waals surface area contributed by atoms with E-state index >= 15 is 0 Å². The van der Waals surface area contributed by atoms with Crippen LogP contribution in [0.3, 0.4) is 0 Å². The van der Waals surface area contributed by atoms with E-state index in [1.54, 1.807) is 12.1 Å². The van der Waals surface area contributed by atoms with Crippen LogP contribution in [0.25, 0.3) is 11.3 Å². The highest BCUT2D eigenvalue weighted by molar-refractivity contribution is 6.44. The number of hydrogen-bond acceptors (Lipinski definition) is 2. The highest BCUT2D eigenvalue weighted by Crippen LogP contribution is 2.36. The molecule has 0 radical (unpaired) electrons. The van der Waals surface area contributed by atoms with Crippen LogP contribution in [-0.4, -0.2) is 13.1 Å². The van der Waals surface area contributed by atoms with Gasteiger partial charge in [0.2, 0.25) is 0 Å². The van der Waals surface area contributed by atoms with Gasteiger partial charge in [-0.3, -0.25) is 0 Å². The molecule has 2 aromatic rings. The number of nitrogens with one attached hydrogen (secondary N) is 1. The summed E-state index contributed by atoms with van der Waals surface area (Å²) in [7, 11) is 1.92. The zero-order valence-corrected chi connectivity index (χ0v) is 12.9. The lowest BCUT2D eigenvalue weighted by Gasteiger charge is -2.07. The Balaban J connectivity index is 2.30. The van der Waals surface area contributed by atoms with E-state index in [0.717, 1.165) is 17.7 Å². The minimum Gasteiger partial charge on any atom is -0.461 e. The number of likely N-dealkylation sites (N-methyl/N-ethyl adjacent to an activating group) is 1. The highest BCUT2D eigenvalue weighted by Gasteiger charge is 2.12. The molecule has 0 bridgehead atoms. The summed E-state index contributed by atoms with van der Waals surface area (Å²) >= 11 is 18.1. The van der Waals surface area contributed by atoms with Crippen LogP contribution < -0.4 is 5.32 Å². The first-order chi connectivity index (χ1) is 9.01. The fraction of sp³-hybridized carbons (Fsp3) is 0.286. The van der Waals surface area contributed by atoms with Gasteiger partial charge in [0.1, 0.15) is 11.5 Å². The molecule has 2 rings (SSSR count). The maximum absolute atomic E-state index is 6.16. The van der Waals surface area contributed by atoms with Gasteiger partial charge in [0.05, 0.1) is 15.1 Å². The predicted octanol–water partition coefficient (Wildman–Crippen LogP) is 5.06. The third-order valence-corrected chi connectivity index (χ3v) is 3.97. The first-order valence-corrected chi connectivity index (χ1v) is 7.05. The molecule has 0 aliphatic carbocycles. The molecule has 1 aromatic heterocycles. The Bertz CT molecular complexity index is 580. The van der Waals surface area contributed by atoms with E-state index < -0.39 is 0 Å². The van der Waals surface area contributed by atoms with Crippen LogP contribution in [0.15, 0.2) is 28.7 Å². The lowest BCUT2D eigenvalue weighted by atomic mass is 10.2. The molecule has 0 saturated heterocycles. The van der Waals surface area contributed by atoms with Gasteiger partial charge in [0.15, 0.2) is 0 Å². The second kappa shape index (κ2) is 6.19. The largest absolute Gasteiger partial charge is 0.461 e. The smallest absolute Gasteiger partial charge is 0.135 e. The second-order valence-electron chi connectivity index (χ2n) is 4.41. The number of halogens is 3. The minimum absolute atomic E-state index is 0.350. The van der Waals surface area contributed by atoms with E-state index in [2.05, 4.69) is 12.2 Å². The normalized spacial score (nSPS) is 12.7. The van der Waals surface area contributed by atoms with E-state index in [9.17, 15) is 0 Å². The molecule has 0 aliphatic rings. The van der Waals surface area contributed by atoms with Crippen molar-refractivity contribution in [3.63, 3.8) is 0 Å². The van der Waals surface area contributed by atoms with Crippen molar-refractivity contribution in [1.82, 2.24) is 5.32 Å². The number of furan rings is 1. The first-order valence-electron chi connectivity index (χ1n) is 5.92. The number of hydrogen-bond donors (Lipinski definition) is 1. The molecular formula is C14H14Cl3NO. The first kappa shape index (κ1) is 14.7. The number of benzene rings is 1. The Hall–Kier alpha value is -0.670. The molecule has 1 N–H and O–H groups in total. The van der Waals surface area contributed by atoms with Crippen LogP contribution in [0.5, 0.6) is 0 Å². The molecule has 0 aliphatic heterocycles. The SMILES string of the molecule is CNC(C)Cc1ccc(-c2cc(Cl)c(Cl)cc2Cl)o1. The van der Waals surface area contributed by atoms with Crippen molar-refractivity contribution >= 4 is 34.8 Å². The van der Waals surface area contributed by atoms with Crippen LogP contribution in [0, 0.1) is 0 Å². The van der Waals surface area contributed by atoms with Crippen LogP contribution >= 0.6 is 34.8 Å². The standard InChI is InChI=1S/C14H14Cl3NO/c1-8(18-2)5-9-3-4-14(19-9)10-6-12(16)13(17)7-11(10)15/h3-4,6-8,18H,5H2,1-2H3. The van der Waals surface area contributed by atoms with Crippen LogP contribution in [-0.2, 0) is 6.42 Å². The van der Waals surface area contributed by atoms with E-state index in [4.69, 9.17) is 39.2 Å². The fourth-order valence-electron chi connectivity index (χ4n) is 1.75. The van der Waals surface area contributed by atoms with Gasteiger partial charge in [-0.2, -0.15) is 0 Å². The third kappa shape index (κ3) is 3.46. The number of rotatable bonds is 4. The molecular weight excluding hydrogens is 305 g/mol. The second-order valence-corrected chi connectivity index (χ2v) is 5.63. The van der Waals surface area contributed by atoms with E-state index in [-0.39, 0.29) is 0 Å². The lowest BCUT2D eigenvalue weighted by molar-refractivity contribution is 0.481. The molecule has 102 valence electrons. The third-order valence-electron chi connectivity index (χ3n) is 2.94. The predicted molar refractivity (Wildman–Crippen MR) is 81.4 cm³/mol. The maximum Gasteiger partial charge on any atom is 0.135 e. The molecule has 1 atom stereocenters.